The number of fused-ring (bicyclic) bond motifs is 1. The van der Waals surface area contributed by atoms with Crippen molar-refractivity contribution >= 4 is 0 Å². The molecule has 2 aromatic carbocycles. The van der Waals surface area contributed by atoms with E-state index in [0.717, 1.165) is 36.1 Å². The minimum atomic E-state index is -1.12. The van der Waals surface area contributed by atoms with Gasteiger partial charge in [-0.1, -0.05) is 36.4 Å². The van der Waals surface area contributed by atoms with Gasteiger partial charge >= 0.3 is 0 Å². The maximum atomic E-state index is 11.4. The first-order valence-electron chi connectivity index (χ1n) is 7.98. The monoisotopic (exact) mass is 307 g/mol. The zero-order valence-corrected chi connectivity index (χ0v) is 13.3. The van der Waals surface area contributed by atoms with Gasteiger partial charge in [-0.3, -0.25) is 0 Å². The summed E-state index contributed by atoms with van der Waals surface area (Å²) in [4.78, 5) is 0. The van der Waals surface area contributed by atoms with Crippen LogP contribution in [0.15, 0.2) is 48.5 Å². The van der Waals surface area contributed by atoms with Crippen molar-refractivity contribution in [2.24, 2.45) is 5.92 Å². The summed E-state index contributed by atoms with van der Waals surface area (Å²) in [6, 6.07) is 18.2. The number of rotatable bonds is 4. The summed E-state index contributed by atoms with van der Waals surface area (Å²) >= 11 is 0. The SMILES string of the molecule is COc1ccc2c(c1)C(O)(CC#N)C(Cc1ccccc1)CC2. The molecule has 23 heavy (non-hydrogen) atoms. The Bertz CT molecular complexity index is 720. The summed E-state index contributed by atoms with van der Waals surface area (Å²) in [5, 5.41) is 20.7. The molecule has 118 valence electrons. The van der Waals surface area contributed by atoms with Crippen LogP contribution in [0.5, 0.6) is 5.75 Å². The molecule has 3 nitrogen and oxygen atoms in total. The van der Waals surface area contributed by atoms with Gasteiger partial charge in [0.25, 0.3) is 0 Å². The van der Waals surface area contributed by atoms with Crippen LogP contribution in [0.2, 0.25) is 0 Å². The number of ether oxygens (including phenoxy) is 1. The summed E-state index contributed by atoms with van der Waals surface area (Å²) in [6.07, 6.45) is 2.68. The van der Waals surface area contributed by atoms with Gasteiger partial charge in [0.2, 0.25) is 0 Å². The molecule has 3 rings (SSSR count). The lowest BCUT2D eigenvalue weighted by atomic mass is 9.68. The molecular formula is C20H21NO2. The Hall–Kier alpha value is -2.31. The molecule has 0 aliphatic heterocycles. The average molecular weight is 307 g/mol. The van der Waals surface area contributed by atoms with E-state index < -0.39 is 5.60 Å². The third-order valence-corrected chi connectivity index (χ3v) is 4.89. The largest absolute Gasteiger partial charge is 0.497 e. The van der Waals surface area contributed by atoms with Gasteiger partial charge < -0.3 is 9.84 Å². The maximum absolute atomic E-state index is 11.4. The lowest BCUT2D eigenvalue weighted by molar-refractivity contribution is -0.0313. The van der Waals surface area contributed by atoms with Crippen molar-refractivity contribution in [3.63, 3.8) is 0 Å². The predicted molar refractivity (Wildman–Crippen MR) is 89.1 cm³/mol. The van der Waals surface area contributed by atoms with Crippen LogP contribution in [0, 0.1) is 17.2 Å². The zero-order valence-electron chi connectivity index (χ0n) is 13.3. The van der Waals surface area contributed by atoms with Gasteiger partial charge in [0.1, 0.15) is 11.4 Å². The highest BCUT2D eigenvalue weighted by atomic mass is 16.5. The standard InChI is InChI=1S/C20H21NO2/c1-23-18-10-8-16-7-9-17(13-15-5-3-2-4-6-15)20(22,11-12-21)19(16)14-18/h2-6,8,10,14,17,22H,7,9,11,13H2,1H3. The van der Waals surface area contributed by atoms with Crippen molar-refractivity contribution in [1.29, 1.82) is 5.26 Å². The Morgan fingerprint density at radius 2 is 2.04 bits per heavy atom. The van der Waals surface area contributed by atoms with E-state index in [1.165, 1.54) is 5.56 Å². The number of hydrogen-bond acceptors (Lipinski definition) is 3. The molecule has 0 saturated heterocycles. The van der Waals surface area contributed by atoms with E-state index in [1.54, 1.807) is 7.11 Å². The van der Waals surface area contributed by atoms with Crippen LogP contribution in [0.25, 0.3) is 0 Å². The smallest absolute Gasteiger partial charge is 0.119 e. The number of nitriles is 1. The molecule has 0 aromatic heterocycles. The van der Waals surface area contributed by atoms with E-state index in [2.05, 4.69) is 18.2 Å². The Kier molecular flexibility index (Phi) is 4.36. The number of nitrogens with zero attached hydrogens (tertiary/aromatic N) is 1. The lowest BCUT2D eigenvalue weighted by Gasteiger charge is -2.40. The molecule has 0 amide bonds. The van der Waals surface area contributed by atoms with Gasteiger partial charge in [-0.25, -0.2) is 0 Å². The molecular weight excluding hydrogens is 286 g/mol. The number of aliphatic hydroxyl groups is 1. The molecule has 1 aliphatic rings. The van der Waals surface area contributed by atoms with Gasteiger partial charge in [0.15, 0.2) is 0 Å². The van der Waals surface area contributed by atoms with Gasteiger partial charge in [0.05, 0.1) is 19.6 Å². The molecule has 0 saturated carbocycles. The van der Waals surface area contributed by atoms with Gasteiger partial charge in [0, 0.05) is 0 Å². The molecule has 0 fully saturated rings. The van der Waals surface area contributed by atoms with Crippen LogP contribution in [-0.2, 0) is 18.4 Å². The second-order valence-electron chi connectivity index (χ2n) is 6.21. The Morgan fingerprint density at radius 1 is 1.26 bits per heavy atom. The molecule has 0 spiro atoms. The van der Waals surface area contributed by atoms with E-state index in [-0.39, 0.29) is 12.3 Å². The molecule has 3 heteroatoms. The van der Waals surface area contributed by atoms with E-state index in [4.69, 9.17) is 4.74 Å². The van der Waals surface area contributed by atoms with E-state index in [1.807, 2.05) is 36.4 Å². The van der Waals surface area contributed by atoms with Crippen molar-refractivity contribution in [2.45, 2.75) is 31.3 Å². The Balaban J connectivity index is 1.99. The molecule has 0 bridgehead atoms. The minimum Gasteiger partial charge on any atom is -0.497 e. The fourth-order valence-electron chi connectivity index (χ4n) is 3.62. The first-order chi connectivity index (χ1) is 11.2. The predicted octanol–water partition coefficient (Wildman–Crippen LogP) is 3.60. The van der Waals surface area contributed by atoms with Crippen LogP contribution in [0.1, 0.15) is 29.5 Å². The first kappa shape index (κ1) is 15.6. The van der Waals surface area contributed by atoms with Crippen molar-refractivity contribution in [3.05, 3.63) is 65.2 Å². The summed E-state index contributed by atoms with van der Waals surface area (Å²) in [5.74, 6) is 0.754. The summed E-state index contributed by atoms with van der Waals surface area (Å²) in [7, 11) is 1.62. The maximum Gasteiger partial charge on any atom is 0.119 e. The van der Waals surface area contributed by atoms with E-state index in [9.17, 15) is 10.4 Å². The highest BCUT2D eigenvalue weighted by Gasteiger charge is 2.42. The topological polar surface area (TPSA) is 53.2 Å². The van der Waals surface area contributed by atoms with Crippen molar-refractivity contribution in [2.75, 3.05) is 7.11 Å². The molecule has 1 N–H and O–H groups in total. The van der Waals surface area contributed by atoms with Crippen LogP contribution in [0.4, 0.5) is 0 Å². The van der Waals surface area contributed by atoms with Crippen molar-refractivity contribution in [3.8, 4) is 11.8 Å². The molecule has 2 atom stereocenters. The fraction of sp³-hybridized carbons (Fsp3) is 0.350. The van der Waals surface area contributed by atoms with Gasteiger partial charge in [-0.2, -0.15) is 5.26 Å². The number of methoxy groups -OCH3 is 1. The van der Waals surface area contributed by atoms with Crippen LogP contribution < -0.4 is 4.74 Å². The molecule has 2 unspecified atom stereocenters. The Morgan fingerprint density at radius 3 is 2.74 bits per heavy atom. The third kappa shape index (κ3) is 2.95. The zero-order chi connectivity index (χ0) is 16.3. The quantitative estimate of drug-likeness (QED) is 0.939. The van der Waals surface area contributed by atoms with E-state index >= 15 is 0 Å². The highest BCUT2D eigenvalue weighted by Crippen LogP contribution is 2.44. The number of aryl methyl sites for hydroxylation is 1. The molecule has 2 aromatic rings. The summed E-state index contributed by atoms with van der Waals surface area (Å²) in [6.45, 7) is 0. The second-order valence-corrected chi connectivity index (χ2v) is 6.21. The van der Waals surface area contributed by atoms with Crippen molar-refractivity contribution in [1.82, 2.24) is 0 Å². The number of hydrogen-bond donors (Lipinski definition) is 1. The first-order valence-corrected chi connectivity index (χ1v) is 7.98. The number of benzene rings is 2. The lowest BCUT2D eigenvalue weighted by Crippen LogP contribution is -2.40. The van der Waals surface area contributed by atoms with Crippen LogP contribution >= 0.6 is 0 Å². The average Bonchev–Trinajstić information content (AvgIpc) is 2.58. The van der Waals surface area contributed by atoms with Gasteiger partial charge in [-0.15, -0.1) is 0 Å². The minimum absolute atomic E-state index is 0.0316. The normalized spacial score (nSPS) is 22.9. The molecule has 0 radical (unpaired) electrons. The summed E-state index contributed by atoms with van der Waals surface area (Å²) < 4.78 is 5.31. The van der Waals surface area contributed by atoms with E-state index in [0.29, 0.717) is 0 Å². The second kappa shape index (κ2) is 6.44. The third-order valence-electron chi connectivity index (χ3n) is 4.89. The van der Waals surface area contributed by atoms with Crippen molar-refractivity contribution < 1.29 is 9.84 Å². The molecule has 1 aliphatic carbocycles. The fourth-order valence-corrected chi connectivity index (χ4v) is 3.62. The summed E-state index contributed by atoms with van der Waals surface area (Å²) in [5.41, 5.74) is 2.05. The van der Waals surface area contributed by atoms with Crippen LogP contribution in [-0.4, -0.2) is 12.2 Å². The van der Waals surface area contributed by atoms with Gasteiger partial charge in [-0.05, 0) is 54.0 Å². The van der Waals surface area contributed by atoms with Crippen LogP contribution in [0.3, 0.4) is 0 Å². The molecule has 0 heterocycles. The highest BCUT2D eigenvalue weighted by molar-refractivity contribution is 5.42. The Labute approximate surface area is 137 Å².